The van der Waals surface area contributed by atoms with Gasteiger partial charge in [0.1, 0.15) is 5.54 Å². The van der Waals surface area contributed by atoms with Crippen LogP contribution in [0.25, 0.3) is 0 Å². The molecule has 3 heterocycles. The zero-order valence-corrected chi connectivity index (χ0v) is 17.7. The highest BCUT2D eigenvalue weighted by atomic mass is 16.4. The first kappa shape index (κ1) is 20.4. The maximum atomic E-state index is 13.9. The Labute approximate surface area is 184 Å². The van der Waals surface area contributed by atoms with Crippen LogP contribution < -0.4 is 15.5 Å². The van der Waals surface area contributed by atoms with Crippen LogP contribution in [0.5, 0.6) is 0 Å². The van der Waals surface area contributed by atoms with Crippen LogP contribution >= 0.6 is 0 Å². The van der Waals surface area contributed by atoms with Gasteiger partial charge < -0.3 is 10.4 Å². The van der Waals surface area contributed by atoms with Crippen LogP contribution in [-0.4, -0.2) is 34.8 Å². The molecule has 0 aromatic heterocycles. The summed E-state index contributed by atoms with van der Waals surface area (Å²) >= 11 is 0. The molecule has 5 rings (SSSR count). The fourth-order valence-electron chi connectivity index (χ4n) is 5.66. The predicted molar refractivity (Wildman–Crippen MR) is 116 cm³/mol. The van der Waals surface area contributed by atoms with E-state index in [0.29, 0.717) is 16.9 Å². The van der Waals surface area contributed by atoms with Crippen LogP contribution in [0.1, 0.15) is 29.5 Å². The molecule has 2 saturated heterocycles. The monoisotopic (exact) mass is 433 g/mol. The lowest BCUT2D eigenvalue weighted by Crippen LogP contribution is -2.53. The van der Waals surface area contributed by atoms with Crippen molar-refractivity contribution in [2.75, 3.05) is 10.2 Å². The van der Waals surface area contributed by atoms with Gasteiger partial charge in [0, 0.05) is 23.7 Å². The van der Waals surface area contributed by atoms with E-state index >= 15 is 0 Å². The van der Waals surface area contributed by atoms with Crippen molar-refractivity contribution in [3.05, 3.63) is 59.2 Å². The number of hydrogen-bond acceptors (Lipinski definition) is 5. The second-order valence-electron chi connectivity index (χ2n) is 8.75. The van der Waals surface area contributed by atoms with E-state index in [4.69, 9.17) is 0 Å². The molecule has 2 fully saturated rings. The van der Waals surface area contributed by atoms with Gasteiger partial charge in [0.25, 0.3) is 0 Å². The third-order valence-corrected chi connectivity index (χ3v) is 6.95. The molecule has 0 aliphatic carbocycles. The lowest BCUT2D eigenvalue weighted by molar-refractivity contribution is -0.137. The number of anilines is 2. The van der Waals surface area contributed by atoms with Gasteiger partial charge in [-0.25, -0.2) is 4.90 Å². The zero-order chi connectivity index (χ0) is 22.8. The van der Waals surface area contributed by atoms with Crippen LogP contribution in [-0.2, 0) is 24.7 Å². The summed E-state index contributed by atoms with van der Waals surface area (Å²) in [5.41, 5.74) is 1.90. The molecular weight excluding hydrogens is 410 g/mol. The number of hydrogen-bond donors (Lipinski definition) is 3. The van der Waals surface area contributed by atoms with Gasteiger partial charge in [0.15, 0.2) is 0 Å². The summed E-state index contributed by atoms with van der Waals surface area (Å²) in [6, 6.07) is 12.0. The van der Waals surface area contributed by atoms with Gasteiger partial charge in [-0.3, -0.25) is 24.5 Å². The number of carboxylic acids is 1. The van der Waals surface area contributed by atoms with Gasteiger partial charge in [0.2, 0.25) is 17.7 Å². The van der Waals surface area contributed by atoms with Crippen LogP contribution in [0.3, 0.4) is 0 Å². The second-order valence-corrected chi connectivity index (χ2v) is 8.75. The number of aliphatic carboxylic acids is 1. The normalized spacial score (nSPS) is 28.2. The van der Waals surface area contributed by atoms with Crippen molar-refractivity contribution in [3.63, 3.8) is 0 Å². The van der Waals surface area contributed by atoms with Crippen LogP contribution in [0.15, 0.2) is 42.5 Å². The first-order chi connectivity index (χ1) is 15.3. The fraction of sp³-hybridized carbons (Fsp3) is 0.333. The number of amides is 3. The molecule has 1 spiro atoms. The lowest BCUT2D eigenvalue weighted by atomic mass is 9.76. The first-order valence-corrected chi connectivity index (χ1v) is 10.6. The second kappa shape index (κ2) is 7.00. The molecule has 32 heavy (non-hydrogen) atoms. The molecule has 3 amide bonds. The highest BCUT2D eigenvalue weighted by Crippen LogP contribution is 2.54. The molecule has 3 aliphatic rings. The summed E-state index contributed by atoms with van der Waals surface area (Å²) in [6.07, 6.45) is -0.0432. The number of nitrogens with zero attached hydrogens (tertiary/aromatic N) is 1. The highest BCUT2D eigenvalue weighted by molar-refractivity contribution is 6.26. The van der Waals surface area contributed by atoms with Crippen molar-refractivity contribution >= 4 is 35.1 Å². The van der Waals surface area contributed by atoms with Gasteiger partial charge in [0.05, 0.1) is 17.5 Å². The van der Waals surface area contributed by atoms with Crippen molar-refractivity contribution in [3.8, 4) is 0 Å². The van der Waals surface area contributed by atoms with Gasteiger partial charge >= 0.3 is 5.97 Å². The predicted octanol–water partition coefficient (Wildman–Crippen LogP) is 2.09. The molecule has 8 heteroatoms. The number of rotatable bonds is 4. The molecular formula is C24H23N3O5. The summed E-state index contributed by atoms with van der Waals surface area (Å²) in [5, 5.41) is 15.3. The van der Waals surface area contributed by atoms with E-state index < -0.39 is 47.1 Å². The molecule has 3 aliphatic heterocycles. The number of benzene rings is 2. The van der Waals surface area contributed by atoms with Crippen molar-refractivity contribution in [2.45, 2.75) is 38.3 Å². The number of para-hydroxylation sites is 2. The number of fused-ring (bicyclic) bond motifs is 4. The number of aryl methyl sites for hydroxylation is 2. The van der Waals surface area contributed by atoms with Crippen molar-refractivity contribution in [1.82, 2.24) is 5.32 Å². The Bertz CT molecular complexity index is 1170. The Kier molecular flexibility index (Phi) is 4.46. The maximum Gasteiger partial charge on any atom is 0.303 e. The Morgan fingerprint density at radius 2 is 1.72 bits per heavy atom. The van der Waals surface area contributed by atoms with E-state index in [1.165, 1.54) is 4.90 Å². The molecule has 4 unspecified atom stereocenters. The third-order valence-electron chi connectivity index (χ3n) is 6.95. The smallest absolute Gasteiger partial charge is 0.303 e. The van der Waals surface area contributed by atoms with Crippen molar-refractivity contribution < 1.29 is 24.3 Å². The molecule has 3 N–H and O–H groups in total. The van der Waals surface area contributed by atoms with E-state index in [1.807, 2.05) is 32.0 Å². The molecule has 164 valence electrons. The van der Waals surface area contributed by atoms with E-state index in [-0.39, 0.29) is 12.8 Å². The Balaban J connectivity index is 1.67. The number of carboxylic acid groups (broad SMARTS) is 1. The van der Waals surface area contributed by atoms with Gasteiger partial charge in [-0.05, 0) is 37.5 Å². The average molecular weight is 433 g/mol. The summed E-state index contributed by atoms with van der Waals surface area (Å²) in [5.74, 6) is -4.02. The summed E-state index contributed by atoms with van der Waals surface area (Å²) in [6.45, 7) is 3.68. The molecule has 8 nitrogen and oxygen atoms in total. The quantitative estimate of drug-likeness (QED) is 0.636. The SMILES string of the molecule is Cc1cccc(C)c1N1C(=O)C2C(CCC(=O)O)NC3(C(=O)Nc4ccccc43)C2C1=O. The molecule has 0 radical (unpaired) electrons. The minimum Gasteiger partial charge on any atom is -0.481 e. The Hall–Kier alpha value is -3.52. The first-order valence-electron chi connectivity index (χ1n) is 10.6. The standard InChI is InChI=1S/C24H23N3O5/c1-12-6-5-7-13(2)20(12)27-21(30)18-16(10-11-17(28)29)26-24(19(18)22(27)31)14-8-3-4-9-15(14)25-23(24)32/h3-9,16,18-19,26H,10-11H2,1-2H3,(H,25,32)(H,28,29). The minimum atomic E-state index is -1.41. The number of imide groups is 1. The number of carbonyl (C=O) groups is 4. The van der Waals surface area contributed by atoms with E-state index in [0.717, 1.165) is 11.1 Å². The Morgan fingerprint density at radius 3 is 2.41 bits per heavy atom. The summed E-state index contributed by atoms with van der Waals surface area (Å²) in [4.78, 5) is 53.4. The van der Waals surface area contributed by atoms with Crippen molar-refractivity contribution in [2.24, 2.45) is 11.8 Å². The van der Waals surface area contributed by atoms with E-state index in [9.17, 15) is 24.3 Å². The molecule has 0 saturated carbocycles. The summed E-state index contributed by atoms with van der Waals surface area (Å²) in [7, 11) is 0. The van der Waals surface area contributed by atoms with Crippen LogP contribution in [0.2, 0.25) is 0 Å². The molecule has 0 bridgehead atoms. The fourth-order valence-corrected chi connectivity index (χ4v) is 5.66. The van der Waals surface area contributed by atoms with Gasteiger partial charge in [-0.1, -0.05) is 36.4 Å². The maximum absolute atomic E-state index is 13.9. The topological polar surface area (TPSA) is 116 Å². The highest BCUT2D eigenvalue weighted by Gasteiger charge is 2.70. The van der Waals surface area contributed by atoms with Crippen LogP contribution in [0, 0.1) is 25.7 Å². The van der Waals surface area contributed by atoms with Crippen LogP contribution in [0.4, 0.5) is 11.4 Å². The van der Waals surface area contributed by atoms with E-state index in [2.05, 4.69) is 10.6 Å². The third kappa shape index (κ3) is 2.59. The molecule has 2 aromatic rings. The lowest BCUT2D eigenvalue weighted by Gasteiger charge is -2.30. The minimum absolute atomic E-state index is 0.132. The Morgan fingerprint density at radius 1 is 1.03 bits per heavy atom. The van der Waals surface area contributed by atoms with E-state index in [1.54, 1.807) is 24.3 Å². The van der Waals surface area contributed by atoms with Crippen molar-refractivity contribution in [1.29, 1.82) is 0 Å². The summed E-state index contributed by atoms with van der Waals surface area (Å²) < 4.78 is 0. The van der Waals surface area contributed by atoms with Gasteiger partial charge in [-0.2, -0.15) is 0 Å². The zero-order valence-electron chi connectivity index (χ0n) is 17.7. The average Bonchev–Trinajstić information content (AvgIpc) is 3.32. The molecule has 2 aromatic carbocycles. The number of nitrogens with one attached hydrogen (secondary N) is 2. The largest absolute Gasteiger partial charge is 0.481 e. The van der Waals surface area contributed by atoms with Gasteiger partial charge in [-0.15, -0.1) is 0 Å². The molecule has 4 atom stereocenters. The number of carbonyl (C=O) groups excluding carboxylic acids is 3.